The lowest BCUT2D eigenvalue weighted by atomic mass is 9.94. The van der Waals surface area contributed by atoms with Gasteiger partial charge in [0.2, 0.25) is 0 Å². The summed E-state index contributed by atoms with van der Waals surface area (Å²) in [4.78, 5) is 14.2. The molecule has 2 aliphatic carbocycles. The summed E-state index contributed by atoms with van der Waals surface area (Å²) in [6, 6.07) is 8.39. The Balaban J connectivity index is 1.45. The fourth-order valence-electron chi connectivity index (χ4n) is 3.39. The highest BCUT2D eigenvalue weighted by Crippen LogP contribution is 2.43. The Kier molecular flexibility index (Phi) is 4.00. The van der Waals surface area contributed by atoms with Gasteiger partial charge in [0.1, 0.15) is 0 Å². The zero-order valence-corrected chi connectivity index (χ0v) is 12.8. The molecule has 0 heterocycles. The molecule has 1 aromatic rings. The van der Waals surface area contributed by atoms with E-state index in [-0.39, 0.29) is 11.9 Å². The van der Waals surface area contributed by atoms with Crippen molar-refractivity contribution in [2.75, 3.05) is 25.6 Å². The van der Waals surface area contributed by atoms with E-state index in [0.717, 1.165) is 19.3 Å². The van der Waals surface area contributed by atoms with Crippen molar-refractivity contribution in [1.82, 2.24) is 0 Å². The second kappa shape index (κ2) is 5.92. The van der Waals surface area contributed by atoms with Gasteiger partial charge in [0.15, 0.2) is 0 Å². The summed E-state index contributed by atoms with van der Waals surface area (Å²) >= 11 is 0. The van der Waals surface area contributed by atoms with E-state index in [9.17, 15) is 4.79 Å². The topological polar surface area (TPSA) is 29.5 Å². The van der Waals surface area contributed by atoms with Crippen molar-refractivity contribution >= 4 is 11.7 Å². The number of fused-ring (bicyclic) bond motifs is 2. The molecule has 0 N–H and O–H groups in total. The van der Waals surface area contributed by atoms with Crippen LogP contribution in [-0.2, 0) is 16.0 Å². The summed E-state index contributed by atoms with van der Waals surface area (Å²) < 4.78 is 5.48. The minimum Gasteiger partial charge on any atom is -0.465 e. The van der Waals surface area contributed by atoms with Gasteiger partial charge in [-0.1, -0.05) is 24.3 Å². The van der Waals surface area contributed by atoms with Gasteiger partial charge in [0.05, 0.1) is 12.5 Å². The predicted octanol–water partition coefficient (Wildman–Crippen LogP) is 3.05. The molecule has 0 spiro atoms. The Morgan fingerprint density at radius 2 is 1.95 bits per heavy atom. The van der Waals surface area contributed by atoms with E-state index >= 15 is 0 Å². The van der Waals surface area contributed by atoms with Crippen molar-refractivity contribution in [3.05, 3.63) is 42.0 Å². The SMILES string of the molecule is CN(C)c1ccc(CCOC(=O)C2CC3C=CC2C3)cc1. The highest BCUT2D eigenvalue weighted by atomic mass is 16.5. The molecule has 2 bridgehead atoms. The third-order valence-corrected chi connectivity index (χ3v) is 4.67. The van der Waals surface area contributed by atoms with Crippen LogP contribution < -0.4 is 4.90 Å². The quantitative estimate of drug-likeness (QED) is 0.615. The highest BCUT2D eigenvalue weighted by molar-refractivity contribution is 5.74. The van der Waals surface area contributed by atoms with Crippen molar-refractivity contribution < 1.29 is 9.53 Å². The number of benzene rings is 1. The molecule has 2 aliphatic rings. The van der Waals surface area contributed by atoms with E-state index in [0.29, 0.717) is 18.4 Å². The zero-order valence-electron chi connectivity index (χ0n) is 12.8. The number of anilines is 1. The van der Waals surface area contributed by atoms with Crippen LogP contribution in [0.4, 0.5) is 5.69 Å². The van der Waals surface area contributed by atoms with Crippen molar-refractivity contribution in [3.8, 4) is 0 Å². The first-order valence-corrected chi connectivity index (χ1v) is 7.74. The van der Waals surface area contributed by atoms with Crippen LogP contribution in [0.3, 0.4) is 0 Å². The van der Waals surface area contributed by atoms with Gasteiger partial charge in [0, 0.05) is 26.2 Å². The van der Waals surface area contributed by atoms with Gasteiger partial charge in [-0.3, -0.25) is 4.79 Å². The highest BCUT2D eigenvalue weighted by Gasteiger charge is 2.40. The van der Waals surface area contributed by atoms with E-state index in [1.165, 1.54) is 11.3 Å². The third kappa shape index (κ3) is 3.12. The van der Waals surface area contributed by atoms with E-state index < -0.39 is 0 Å². The molecule has 0 aromatic heterocycles. The minimum atomic E-state index is -0.00300. The van der Waals surface area contributed by atoms with Crippen molar-refractivity contribution in [3.63, 3.8) is 0 Å². The van der Waals surface area contributed by atoms with Crippen LogP contribution in [0.5, 0.6) is 0 Å². The van der Waals surface area contributed by atoms with Crippen LogP contribution in [-0.4, -0.2) is 26.7 Å². The average molecular weight is 285 g/mol. The summed E-state index contributed by atoms with van der Waals surface area (Å²) in [6.45, 7) is 0.484. The van der Waals surface area contributed by atoms with Crippen LogP contribution in [0.2, 0.25) is 0 Å². The maximum atomic E-state index is 12.1. The van der Waals surface area contributed by atoms with E-state index in [1.807, 2.05) is 14.1 Å². The Morgan fingerprint density at radius 3 is 2.52 bits per heavy atom. The van der Waals surface area contributed by atoms with Gasteiger partial charge in [-0.05, 0) is 42.4 Å². The summed E-state index contributed by atoms with van der Waals surface area (Å²) in [6.07, 6.45) is 7.36. The molecule has 0 amide bonds. The van der Waals surface area contributed by atoms with Gasteiger partial charge in [0.25, 0.3) is 0 Å². The summed E-state index contributed by atoms with van der Waals surface area (Å²) in [5.41, 5.74) is 2.39. The molecule has 3 rings (SSSR count). The summed E-state index contributed by atoms with van der Waals surface area (Å²) in [7, 11) is 4.06. The molecule has 3 atom stereocenters. The Hall–Kier alpha value is -1.77. The van der Waals surface area contributed by atoms with Gasteiger partial charge in [-0.2, -0.15) is 0 Å². The maximum Gasteiger partial charge on any atom is 0.309 e. The van der Waals surface area contributed by atoms with Gasteiger partial charge < -0.3 is 9.64 Å². The molecule has 3 nitrogen and oxygen atoms in total. The van der Waals surface area contributed by atoms with Crippen molar-refractivity contribution in [1.29, 1.82) is 0 Å². The fourth-order valence-corrected chi connectivity index (χ4v) is 3.39. The number of carbonyl (C=O) groups is 1. The number of hydrogen-bond donors (Lipinski definition) is 0. The number of ether oxygens (including phenoxy) is 1. The fraction of sp³-hybridized carbons (Fsp3) is 0.500. The molecule has 112 valence electrons. The zero-order chi connectivity index (χ0) is 14.8. The number of esters is 1. The second-order valence-corrected chi connectivity index (χ2v) is 6.37. The maximum absolute atomic E-state index is 12.1. The van der Waals surface area contributed by atoms with E-state index in [1.54, 1.807) is 0 Å². The number of carbonyl (C=O) groups excluding carboxylic acids is 1. The molecular weight excluding hydrogens is 262 g/mol. The monoisotopic (exact) mass is 285 g/mol. The molecular formula is C18H23NO2. The van der Waals surface area contributed by atoms with Gasteiger partial charge >= 0.3 is 5.97 Å². The van der Waals surface area contributed by atoms with E-state index in [2.05, 4.69) is 41.3 Å². The van der Waals surface area contributed by atoms with Crippen LogP contribution >= 0.6 is 0 Å². The van der Waals surface area contributed by atoms with Crippen molar-refractivity contribution in [2.24, 2.45) is 17.8 Å². The van der Waals surface area contributed by atoms with Crippen LogP contribution in [0.25, 0.3) is 0 Å². The Labute approximate surface area is 126 Å². The first kappa shape index (κ1) is 14.2. The lowest BCUT2D eigenvalue weighted by Gasteiger charge is -2.17. The molecule has 21 heavy (non-hydrogen) atoms. The molecule has 1 fully saturated rings. The van der Waals surface area contributed by atoms with Gasteiger partial charge in [-0.25, -0.2) is 0 Å². The standard InChI is InChI=1S/C18H23NO2/c1-19(2)16-7-4-13(5-8-16)9-10-21-18(20)17-12-14-3-6-15(17)11-14/h3-8,14-15,17H,9-12H2,1-2H3. The van der Waals surface area contributed by atoms with E-state index in [4.69, 9.17) is 4.74 Å². The molecule has 3 unspecified atom stereocenters. The molecule has 3 heteroatoms. The summed E-state index contributed by atoms with van der Waals surface area (Å²) in [5, 5.41) is 0. The van der Waals surface area contributed by atoms with Crippen LogP contribution in [0, 0.1) is 17.8 Å². The average Bonchev–Trinajstić information content (AvgIpc) is 3.10. The van der Waals surface area contributed by atoms with Crippen molar-refractivity contribution in [2.45, 2.75) is 19.3 Å². The van der Waals surface area contributed by atoms with Crippen LogP contribution in [0.1, 0.15) is 18.4 Å². The third-order valence-electron chi connectivity index (χ3n) is 4.67. The molecule has 1 saturated carbocycles. The first-order valence-electron chi connectivity index (χ1n) is 7.74. The Bertz CT molecular complexity index is 533. The van der Waals surface area contributed by atoms with Gasteiger partial charge in [-0.15, -0.1) is 0 Å². The first-order chi connectivity index (χ1) is 10.1. The molecule has 0 saturated heterocycles. The largest absolute Gasteiger partial charge is 0.465 e. The second-order valence-electron chi connectivity index (χ2n) is 6.37. The molecule has 0 radical (unpaired) electrons. The summed E-state index contributed by atoms with van der Waals surface area (Å²) in [5.74, 6) is 1.15. The lowest BCUT2D eigenvalue weighted by Crippen LogP contribution is -2.22. The molecule has 0 aliphatic heterocycles. The lowest BCUT2D eigenvalue weighted by molar-refractivity contribution is -0.149. The smallest absolute Gasteiger partial charge is 0.309 e. The number of nitrogens with zero attached hydrogens (tertiary/aromatic N) is 1. The number of rotatable bonds is 5. The Morgan fingerprint density at radius 1 is 1.19 bits per heavy atom. The predicted molar refractivity (Wildman–Crippen MR) is 84.3 cm³/mol. The number of allylic oxidation sites excluding steroid dienone is 2. The molecule has 1 aromatic carbocycles. The number of hydrogen-bond acceptors (Lipinski definition) is 3. The van der Waals surface area contributed by atoms with Crippen LogP contribution in [0.15, 0.2) is 36.4 Å². The minimum absolute atomic E-state index is 0.00300. The normalized spacial score (nSPS) is 26.1.